The Labute approximate surface area is 137 Å². The highest BCUT2D eigenvalue weighted by molar-refractivity contribution is 9.10. The Morgan fingerprint density at radius 3 is 2.77 bits per heavy atom. The van der Waals surface area contributed by atoms with Crippen molar-refractivity contribution in [1.82, 2.24) is 15.1 Å². The molecule has 0 atom stereocenters. The number of hydrogen-bond donors (Lipinski definition) is 1. The highest BCUT2D eigenvalue weighted by Crippen LogP contribution is 2.16. The number of benzene rings is 1. The first-order valence-corrected chi connectivity index (χ1v) is 7.87. The molecule has 2 rings (SSSR count). The van der Waals surface area contributed by atoms with Crippen molar-refractivity contribution in [3.63, 3.8) is 0 Å². The molecule has 1 N–H and O–H groups in total. The third-order valence-electron chi connectivity index (χ3n) is 3.74. The van der Waals surface area contributed by atoms with Gasteiger partial charge in [-0.25, -0.2) is 4.39 Å². The molecule has 1 aromatic heterocycles. The van der Waals surface area contributed by atoms with Crippen molar-refractivity contribution in [2.45, 2.75) is 33.2 Å². The molecule has 0 radical (unpaired) electrons. The summed E-state index contributed by atoms with van der Waals surface area (Å²) >= 11 is 3.29. The summed E-state index contributed by atoms with van der Waals surface area (Å²) in [7, 11) is 1.89. The second-order valence-corrected chi connectivity index (χ2v) is 6.20. The maximum atomic E-state index is 13.6. The maximum absolute atomic E-state index is 13.6. The summed E-state index contributed by atoms with van der Waals surface area (Å²) in [6.45, 7) is 4.12. The number of rotatable bonds is 5. The number of nitrogens with one attached hydrogen (secondary N) is 1. The van der Waals surface area contributed by atoms with Crippen LogP contribution in [-0.2, 0) is 24.8 Å². The van der Waals surface area contributed by atoms with E-state index in [4.69, 9.17) is 0 Å². The van der Waals surface area contributed by atoms with E-state index in [1.54, 1.807) is 12.1 Å². The molecule has 0 unspecified atom stereocenters. The van der Waals surface area contributed by atoms with Gasteiger partial charge in [-0.3, -0.25) is 9.48 Å². The van der Waals surface area contributed by atoms with Crippen LogP contribution in [0.15, 0.2) is 22.7 Å². The highest BCUT2D eigenvalue weighted by atomic mass is 79.9. The fraction of sp³-hybridized carbons (Fsp3) is 0.375. The van der Waals surface area contributed by atoms with E-state index in [9.17, 15) is 9.18 Å². The van der Waals surface area contributed by atoms with Gasteiger partial charge in [0.1, 0.15) is 5.82 Å². The van der Waals surface area contributed by atoms with Crippen molar-refractivity contribution < 1.29 is 9.18 Å². The Balaban J connectivity index is 1.89. The van der Waals surface area contributed by atoms with E-state index in [1.807, 2.05) is 25.6 Å². The lowest BCUT2D eigenvalue weighted by atomic mass is 10.1. The first-order valence-electron chi connectivity index (χ1n) is 7.08. The van der Waals surface area contributed by atoms with Crippen molar-refractivity contribution in [2.24, 2.45) is 7.05 Å². The quantitative estimate of drug-likeness (QED) is 0.881. The van der Waals surface area contributed by atoms with E-state index in [2.05, 4.69) is 26.3 Å². The fourth-order valence-electron chi connectivity index (χ4n) is 2.38. The third-order valence-corrected chi connectivity index (χ3v) is 4.24. The average molecular weight is 368 g/mol. The van der Waals surface area contributed by atoms with Crippen LogP contribution in [0.4, 0.5) is 4.39 Å². The van der Waals surface area contributed by atoms with Crippen molar-refractivity contribution in [2.75, 3.05) is 0 Å². The largest absolute Gasteiger partial charge is 0.352 e. The van der Waals surface area contributed by atoms with Gasteiger partial charge in [0.25, 0.3) is 0 Å². The summed E-state index contributed by atoms with van der Waals surface area (Å²) < 4.78 is 16.2. The highest BCUT2D eigenvalue weighted by Gasteiger charge is 2.12. The number of amides is 1. The van der Waals surface area contributed by atoms with E-state index < -0.39 is 0 Å². The van der Waals surface area contributed by atoms with Crippen LogP contribution in [0.25, 0.3) is 0 Å². The Kier molecular flexibility index (Phi) is 5.34. The lowest BCUT2D eigenvalue weighted by molar-refractivity contribution is -0.121. The molecule has 1 aromatic carbocycles. The molecule has 0 aliphatic heterocycles. The van der Waals surface area contributed by atoms with Crippen LogP contribution in [0.2, 0.25) is 0 Å². The minimum absolute atomic E-state index is 0.0953. The van der Waals surface area contributed by atoms with Crippen molar-refractivity contribution in [3.05, 3.63) is 51.0 Å². The molecule has 0 spiro atoms. The van der Waals surface area contributed by atoms with Gasteiger partial charge in [0, 0.05) is 35.7 Å². The lowest BCUT2D eigenvalue weighted by Crippen LogP contribution is -2.23. The molecule has 0 aliphatic rings. The molecular weight excluding hydrogens is 349 g/mol. The molecule has 0 bridgehead atoms. The van der Waals surface area contributed by atoms with Gasteiger partial charge in [-0.1, -0.05) is 15.9 Å². The molecule has 1 amide bonds. The van der Waals surface area contributed by atoms with Gasteiger partial charge in [0.05, 0.1) is 5.69 Å². The monoisotopic (exact) mass is 367 g/mol. The van der Waals surface area contributed by atoms with E-state index in [0.29, 0.717) is 18.4 Å². The molecule has 0 fully saturated rings. The summed E-state index contributed by atoms with van der Waals surface area (Å²) in [4.78, 5) is 11.9. The number of aromatic nitrogens is 2. The lowest BCUT2D eigenvalue weighted by Gasteiger charge is -2.07. The summed E-state index contributed by atoms with van der Waals surface area (Å²) in [5.74, 6) is -0.413. The average Bonchev–Trinajstić information content (AvgIpc) is 2.71. The summed E-state index contributed by atoms with van der Waals surface area (Å²) in [6.07, 6.45) is 1.00. The van der Waals surface area contributed by atoms with Gasteiger partial charge in [-0.15, -0.1) is 0 Å². The molecule has 6 heteroatoms. The van der Waals surface area contributed by atoms with Crippen LogP contribution in [0.5, 0.6) is 0 Å². The second-order valence-electron chi connectivity index (χ2n) is 5.29. The second kappa shape index (κ2) is 7.05. The topological polar surface area (TPSA) is 46.9 Å². The van der Waals surface area contributed by atoms with Crippen LogP contribution in [-0.4, -0.2) is 15.7 Å². The number of hydrogen-bond acceptors (Lipinski definition) is 2. The molecule has 0 saturated heterocycles. The summed E-state index contributed by atoms with van der Waals surface area (Å²) in [5.41, 5.74) is 3.59. The van der Waals surface area contributed by atoms with Gasteiger partial charge >= 0.3 is 0 Å². The molecule has 22 heavy (non-hydrogen) atoms. The van der Waals surface area contributed by atoms with Gasteiger partial charge in [-0.05, 0) is 44.0 Å². The van der Waals surface area contributed by atoms with Crippen molar-refractivity contribution >= 4 is 21.8 Å². The fourth-order valence-corrected chi connectivity index (χ4v) is 2.79. The molecule has 0 aliphatic carbocycles. The van der Waals surface area contributed by atoms with Crippen LogP contribution in [0.1, 0.15) is 28.9 Å². The predicted octanol–water partition coefficient (Wildman–Crippen LogP) is 3.19. The van der Waals surface area contributed by atoms with Crippen LogP contribution < -0.4 is 5.32 Å². The molecule has 2 aromatic rings. The third kappa shape index (κ3) is 3.94. The van der Waals surface area contributed by atoms with E-state index >= 15 is 0 Å². The number of aryl methyl sites for hydroxylation is 2. The number of carbonyl (C=O) groups excluding carboxylic acids is 1. The molecule has 118 valence electrons. The zero-order valence-electron chi connectivity index (χ0n) is 12.9. The molecule has 1 heterocycles. The SMILES string of the molecule is Cc1nn(C)c(C)c1CCC(=O)NCc1cc(Br)ccc1F. The maximum Gasteiger partial charge on any atom is 0.220 e. The first kappa shape index (κ1) is 16.7. The first-order chi connectivity index (χ1) is 10.4. The van der Waals surface area contributed by atoms with E-state index in [0.717, 1.165) is 21.4 Å². The Morgan fingerprint density at radius 1 is 1.41 bits per heavy atom. The zero-order valence-corrected chi connectivity index (χ0v) is 14.5. The van der Waals surface area contributed by atoms with Gasteiger partial charge < -0.3 is 5.32 Å². The molecule has 4 nitrogen and oxygen atoms in total. The Bertz CT molecular complexity index is 697. The zero-order chi connectivity index (χ0) is 16.3. The van der Waals surface area contributed by atoms with Crippen molar-refractivity contribution in [1.29, 1.82) is 0 Å². The summed E-state index contributed by atoms with van der Waals surface area (Å²) in [6, 6.07) is 4.69. The van der Waals surface area contributed by atoms with Gasteiger partial charge in [0.15, 0.2) is 0 Å². The minimum atomic E-state index is -0.317. The minimum Gasteiger partial charge on any atom is -0.352 e. The van der Waals surface area contributed by atoms with Crippen molar-refractivity contribution in [3.8, 4) is 0 Å². The Morgan fingerprint density at radius 2 is 2.14 bits per heavy atom. The molecular formula is C16H19BrFN3O. The predicted molar refractivity (Wildman–Crippen MR) is 86.9 cm³/mol. The van der Waals surface area contributed by atoms with E-state index in [1.165, 1.54) is 6.07 Å². The van der Waals surface area contributed by atoms with Gasteiger partial charge in [0.2, 0.25) is 5.91 Å². The smallest absolute Gasteiger partial charge is 0.220 e. The number of nitrogens with zero attached hydrogens (tertiary/aromatic N) is 2. The van der Waals surface area contributed by atoms with Crippen LogP contribution >= 0.6 is 15.9 Å². The standard InChI is InChI=1S/C16H19BrFN3O/c1-10-14(11(2)21(3)20-10)5-7-16(22)19-9-12-8-13(17)4-6-15(12)18/h4,6,8H,5,7,9H2,1-3H3,(H,19,22). The molecule has 0 saturated carbocycles. The van der Waals surface area contributed by atoms with Crippen LogP contribution in [0, 0.1) is 19.7 Å². The summed E-state index contributed by atoms with van der Waals surface area (Å²) in [5, 5.41) is 7.09. The van der Waals surface area contributed by atoms with E-state index in [-0.39, 0.29) is 18.3 Å². The Hall–Kier alpha value is -1.69. The number of carbonyl (C=O) groups is 1. The normalized spacial score (nSPS) is 10.8. The number of halogens is 2. The van der Waals surface area contributed by atoms with Crippen LogP contribution in [0.3, 0.4) is 0 Å². The van der Waals surface area contributed by atoms with Gasteiger partial charge in [-0.2, -0.15) is 5.10 Å².